The van der Waals surface area contributed by atoms with Crippen LogP contribution in [-0.2, 0) is 4.79 Å². The van der Waals surface area contributed by atoms with Crippen molar-refractivity contribution in [1.29, 1.82) is 0 Å². The van der Waals surface area contributed by atoms with Crippen LogP contribution in [-0.4, -0.2) is 24.9 Å². The second-order valence-electron chi connectivity index (χ2n) is 6.27. The molecule has 2 nitrogen and oxygen atoms in total. The van der Waals surface area contributed by atoms with E-state index in [9.17, 15) is 4.79 Å². The Kier molecular flexibility index (Phi) is 15.5. The van der Waals surface area contributed by atoms with E-state index in [1.165, 1.54) is 57.8 Å². The lowest BCUT2D eigenvalue weighted by Crippen LogP contribution is -2.20. The Morgan fingerprint density at radius 3 is 1.91 bits per heavy atom. The highest BCUT2D eigenvalue weighted by Gasteiger charge is 2.02. The van der Waals surface area contributed by atoms with Crippen LogP contribution in [0.1, 0.15) is 84.0 Å². The average molecular weight is 308 g/mol. The topological polar surface area (TPSA) is 20.3 Å². The minimum Gasteiger partial charge on any atom is -0.349 e. The molecular weight excluding hydrogens is 270 g/mol. The highest BCUT2D eigenvalue weighted by molar-refractivity contribution is 5.75. The number of nitrogens with zero attached hydrogens (tertiary/aromatic N) is 1. The zero-order chi connectivity index (χ0) is 16.5. The summed E-state index contributed by atoms with van der Waals surface area (Å²) in [7, 11) is 3.66. The Hall–Kier alpha value is -1.05. The van der Waals surface area contributed by atoms with Crippen molar-refractivity contribution in [3.05, 3.63) is 24.3 Å². The van der Waals surface area contributed by atoms with Gasteiger partial charge in [0, 0.05) is 20.5 Å². The number of hydrogen-bond acceptors (Lipinski definition) is 1. The van der Waals surface area contributed by atoms with Crippen molar-refractivity contribution in [2.75, 3.05) is 14.1 Å². The van der Waals surface area contributed by atoms with Gasteiger partial charge in [-0.3, -0.25) is 4.79 Å². The number of unbranched alkanes of at least 4 members (excludes halogenated alkanes) is 8. The molecule has 0 aliphatic carbocycles. The van der Waals surface area contributed by atoms with Crippen LogP contribution in [0, 0.1) is 0 Å². The molecule has 0 unspecified atom stereocenters. The van der Waals surface area contributed by atoms with Crippen LogP contribution >= 0.6 is 0 Å². The molecular formula is C20H37NO. The fourth-order valence-corrected chi connectivity index (χ4v) is 2.31. The molecule has 0 radical (unpaired) electrons. The molecule has 0 aliphatic heterocycles. The van der Waals surface area contributed by atoms with E-state index in [1.54, 1.807) is 4.90 Å². The van der Waals surface area contributed by atoms with E-state index in [2.05, 4.69) is 31.2 Å². The molecule has 1 amide bonds. The Morgan fingerprint density at radius 2 is 1.32 bits per heavy atom. The zero-order valence-corrected chi connectivity index (χ0v) is 15.2. The van der Waals surface area contributed by atoms with Crippen LogP contribution in [0.4, 0.5) is 0 Å². The van der Waals surface area contributed by atoms with Gasteiger partial charge in [-0.15, -0.1) is 0 Å². The van der Waals surface area contributed by atoms with Gasteiger partial charge in [0.2, 0.25) is 5.91 Å². The van der Waals surface area contributed by atoms with E-state index in [1.807, 2.05) is 14.1 Å². The van der Waals surface area contributed by atoms with Crippen LogP contribution in [0.25, 0.3) is 0 Å². The van der Waals surface area contributed by atoms with Crippen LogP contribution in [0.5, 0.6) is 0 Å². The van der Waals surface area contributed by atoms with Gasteiger partial charge in [-0.05, 0) is 38.5 Å². The summed E-state index contributed by atoms with van der Waals surface area (Å²) < 4.78 is 0. The van der Waals surface area contributed by atoms with Crippen molar-refractivity contribution < 1.29 is 4.79 Å². The highest BCUT2D eigenvalue weighted by atomic mass is 16.2. The molecule has 2 heteroatoms. The fourth-order valence-electron chi connectivity index (χ4n) is 2.31. The first-order valence-electron chi connectivity index (χ1n) is 9.18. The summed E-state index contributed by atoms with van der Waals surface area (Å²) in [5, 5.41) is 0. The van der Waals surface area contributed by atoms with Gasteiger partial charge >= 0.3 is 0 Å². The minimum absolute atomic E-state index is 0.255. The third-order valence-corrected chi connectivity index (χ3v) is 3.84. The van der Waals surface area contributed by atoms with Crippen LogP contribution in [0.15, 0.2) is 24.3 Å². The first kappa shape index (κ1) is 20.9. The minimum atomic E-state index is 0.255. The normalized spacial score (nSPS) is 11.6. The Balaban J connectivity index is 3.25. The van der Waals surface area contributed by atoms with Crippen molar-refractivity contribution in [2.45, 2.75) is 84.0 Å². The van der Waals surface area contributed by atoms with Crippen molar-refractivity contribution in [3.8, 4) is 0 Å². The monoisotopic (exact) mass is 307 g/mol. The number of amides is 1. The number of carbonyl (C=O) groups is 1. The molecule has 0 saturated carbocycles. The molecule has 0 aromatic heterocycles. The molecule has 0 saturated heterocycles. The first-order valence-corrected chi connectivity index (χ1v) is 9.18. The molecule has 128 valence electrons. The van der Waals surface area contributed by atoms with Gasteiger partial charge in [-0.2, -0.15) is 0 Å². The van der Waals surface area contributed by atoms with Crippen molar-refractivity contribution in [2.24, 2.45) is 0 Å². The van der Waals surface area contributed by atoms with Gasteiger partial charge in [-0.1, -0.05) is 63.3 Å². The molecule has 0 fully saturated rings. The summed E-state index contributed by atoms with van der Waals surface area (Å²) in [6.45, 7) is 2.25. The van der Waals surface area contributed by atoms with E-state index in [0.29, 0.717) is 6.42 Å². The molecule has 0 aromatic carbocycles. The predicted molar refractivity (Wildman–Crippen MR) is 98.1 cm³/mol. The average Bonchev–Trinajstić information content (AvgIpc) is 2.50. The van der Waals surface area contributed by atoms with E-state index >= 15 is 0 Å². The SMILES string of the molecule is CCCCC/C=C\C/C=C\CCCCCCCC(=O)N(C)C. The molecule has 0 bridgehead atoms. The summed E-state index contributed by atoms with van der Waals surface area (Å²) in [6, 6.07) is 0. The lowest BCUT2D eigenvalue weighted by atomic mass is 10.1. The first-order chi connectivity index (χ1) is 10.7. The van der Waals surface area contributed by atoms with Crippen LogP contribution < -0.4 is 0 Å². The summed E-state index contributed by atoms with van der Waals surface area (Å²) in [5.41, 5.74) is 0. The Morgan fingerprint density at radius 1 is 0.773 bits per heavy atom. The number of carbonyl (C=O) groups excluding carboxylic acids is 1. The predicted octanol–water partition coefficient (Wildman–Crippen LogP) is 5.89. The van der Waals surface area contributed by atoms with Gasteiger partial charge in [0.05, 0.1) is 0 Å². The van der Waals surface area contributed by atoms with Crippen molar-refractivity contribution in [3.63, 3.8) is 0 Å². The van der Waals surface area contributed by atoms with Gasteiger partial charge < -0.3 is 4.90 Å². The Bertz CT molecular complexity index is 305. The maximum absolute atomic E-state index is 11.4. The maximum atomic E-state index is 11.4. The second kappa shape index (κ2) is 16.3. The van der Waals surface area contributed by atoms with Gasteiger partial charge in [0.15, 0.2) is 0 Å². The lowest BCUT2D eigenvalue weighted by molar-refractivity contribution is -0.128. The third-order valence-electron chi connectivity index (χ3n) is 3.84. The zero-order valence-electron chi connectivity index (χ0n) is 15.2. The smallest absolute Gasteiger partial charge is 0.222 e. The maximum Gasteiger partial charge on any atom is 0.222 e. The largest absolute Gasteiger partial charge is 0.349 e. The Labute approximate surface area is 138 Å². The molecule has 0 rings (SSSR count). The van der Waals surface area contributed by atoms with E-state index in [0.717, 1.165) is 12.8 Å². The summed E-state index contributed by atoms with van der Waals surface area (Å²) in [4.78, 5) is 13.1. The summed E-state index contributed by atoms with van der Waals surface area (Å²) in [6.07, 6.45) is 23.4. The molecule has 0 atom stereocenters. The molecule has 0 aromatic rings. The summed E-state index contributed by atoms with van der Waals surface area (Å²) in [5.74, 6) is 0.255. The van der Waals surface area contributed by atoms with Crippen molar-refractivity contribution in [1.82, 2.24) is 4.90 Å². The van der Waals surface area contributed by atoms with Gasteiger partial charge in [-0.25, -0.2) is 0 Å². The highest BCUT2D eigenvalue weighted by Crippen LogP contribution is 2.08. The van der Waals surface area contributed by atoms with Crippen LogP contribution in [0.3, 0.4) is 0 Å². The second-order valence-corrected chi connectivity index (χ2v) is 6.27. The third kappa shape index (κ3) is 15.3. The molecule has 0 N–H and O–H groups in total. The van der Waals surface area contributed by atoms with E-state index < -0.39 is 0 Å². The number of allylic oxidation sites excluding steroid dienone is 4. The molecule has 0 heterocycles. The van der Waals surface area contributed by atoms with E-state index in [4.69, 9.17) is 0 Å². The molecule has 22 heavy (non-hydrogen) atoms. The van der Waals surface area contributed by atoms with Gasteiger partial charge in [0.25, 0.3) is 0 Å². The number of rotatable bonds is 14. The molecule has 0 spiro atoms. The van der Waals surface area contributed by atoms with E-state index in [-0.39, 0.29) is 5.91 Å². The van der Waals surface area contributed by atoms with Gasteiger partial charge in [0.1, 0.15) is 0 Å². The van der Waals surface area contributed by atoms with Crippen molar-refractivity contribution >= 4 is 5.91 Å². The number of hydrogen-bond donors (Lipinski definition) is 0. The standard InChI is InChI=1S/C20H37NO/c1-4-5-6-7-8-9-10-11-12-13-14-15-16-17-18-19-20(22)21(2)3/h8-9,11-12H,4-7,10,13-19H2,1-3H3/b9-8-,12-11-. The molecule has 0 aliphatic rings. The summed E-state index contributed by atoms with van der Waals surface area (Å²) >= 11 is 0. The lowest BCUT2D eigenvalue weighted by Gasteiger charge is -2.09. The fraction of sp³-hybridized carbons (Fsp3) is 0.750. The van der Waals surface area contributed by atoms with Crippen LogP contribution in [0.2, 0.25) is 0 Å². The quantitative estimate of drug-likeness (QED) is 0.289.